The minimum Gasteiger partial charge on any atom is -0.768 e. The Labute approximate surface area is 173 Å². The molecule has 0 aliphatic heterocycles. The molecule has 2 unspecified atom stereocenters. The van der Waals surface area contributed by atoms with Crippen LogP contribution in [0.15, 0.2) is 46.2 Å². The molecule has 0 saturated heterocycles. The van der Waals surface area contributed by atoms with E-state index in [0.717, 1.165) is 24.0 Å². The van der Waals surface area contributed by atoms with E-state index in [0.29, 0.717) is 11.1 Å². The minimum absolute atomic E-state index is 0.119. The molecule has 154 valence electrons. The first-order valence-corrected chi connectivity index (χ1v) is 11.6. The summed E-state index contributed by atoms with van der Waals surface area (Å²) in [6.45, 7) is 12.3. The maximum atomic E-state index is 12.0. The van der Waals surface area contributed by atoms with E-state index < -0.39 is 22.2 Å². The van der Waals surface area contributed by atoms with Gasteiger partial charge in [-0.3, -0.25) is 8.42 Å². The molecular formula is C22H28O4S2-2. The SMILES string of the molecule is CCC(C)(C)c1ccc(-c2ccc(C(C)(C)CC)cc2S(=O)[O-])c(S(=O)[O-])c1. The quantitative estimate of drug-likeness (QED) is 0.576. The van der Waals surface area contributed by atoms with Crippen LogP contribution in [-0.4, -0.2) is 17.5 Å². The summed E-state index contributed by atoms with van der Waals surface area (Å²) in [6, 6.07) is 10.5. The summed E-state index contributed by atoms with van der Waals surface area (Å²) in [5.74, 6) is 0. The Morgan fingerprint density at radius 1 is 0.714 bits per heavy atom. The van der Waals surface area contributed by atoms with E-state index in [1.165, 1.54) is 0 Å². The first kappa shape index (κ1) is 22.9. The van der Waals surface area contributed by atoms with E-state index in [-0.39, 0.29) is 20.6 Å². The van der Waals surface area contributed by atoms with E-state index in [1.54, 1.807) is 24.3 Å². The molecule has 0 heterocycles. The lowest BCUT2D eigenvalue weighted by molar-refractivity contribution is 0.503. The summed E-state index contributed by atoms with van der Waals surface area (Å²) in [5.41, 5.74) is 2.28. The number of hydrogen-bond donors (Lipinski definition) is 0. The summed E-state index contributed by atoms with van der Waals surface area (Å²) >= 11 is -4.97. The van der Waals surface area contributed by atoms with Crippen molar-refractivity contribution in [3.8, 4) is 11.1 Å². The molecule has 6 heteroatoms. The predicted molar refractivity (Wildman–Crippen MR) is 113 cm³/mol. The molecular weight excluding hydrogens is 392 g/mol. The van der Waals surface area contributed by atoms with Crippen molar-refractivity contribution in [1.29, 1.82) is 0 Å². The zero-order valence-electron chi connectivity index (χ0n) is 17.3. The smallest absolute Gasteiger partial charge is 0.0330 e. The Kier molecular flexibility index (Phi) is 7.03. The number of rotatable bonds is 7. The van der Waals surface area contributed by atoms with Gasteiger partial charge in [0.1, 0.15) is 0 Å². The third kappa shape index (κ3) is 4.62. The van der Waals surface area contributed by atoms with Gasteiger partial charge in [0, 0.05) is 9.79 Å². The maximum absolute atomic E-state index is 12.0. The van der Waals surface area contributed by atoms with Crippen LogP contribution in [0.25, 0.3) is 11.1 Å². The van der Waals surface area contributed by atoms with Crippen LogP contribution < -0.4 is 0 Å². The topological polar surface area (TPSA) is 80.3 Å². The fraction of sp³-hybridized carbons (Fsp3) is 0.455. The van der Waals surface area contributed by atoms with Crippen molar-refractivity contribution in [3.63, 3.8) is 0 Å². The van der Waals surface area contributed by atoms with Crippen molar-refractivity contribution in [1.82, 2.24) is 0 Å². The monoisotopic (exact) mass is 420 g/mol. The van der Waals surface area contributed by atoms with Crippen LogP contribution in [-0.2, 0) is 33.0 Å². The van der Waals surface area contributed by atoms with Crippen molar-refractivity contribution < 1.29 is 17.5 Å². The van der Waals surface area contributed by atoms with Crippen molar-refractivity contribution in [3.05, 3.63) is 47.5 Å². The Bertz CT molecular complexity index is 841. The zero-order chi connectivity index (χ0) is 21.3. The third-order valence-corrected chi connectivity index (χ3v) is 7.34. The molecule has 2 atom stereocenters. The molecule has 0 bridgehead atoms. The second-order valence-electron chi connectivity index (χ2n) is 8.37. The lowest BCUT2D eigenvalue weighted by atomic mass is 9.81. The molecule has 0 amide bonds. The van der Waals surface area contributed by atoms with E-state index in [2.05, 4.69) is 41.5 Å². The summed E-state index contributed by atoms with van der Waals surface area (Å²) in [6.07, 6.45) is 1.71. The van der Waals surface area contributed by atoms with Gasteiger partial charge >= 0.3 is 0 Å². The van der Waals surface area contributed by atoms with Gasteiger partial charge in [0.05, 0.1) is 0 Å². The lowest BCUT2D eigenvalue weighted by Crippen LogP contribution is -2.17. The molecule has 0 aromatic heterocycles. The third-order valence-electron chi connectivity index (χ3n) is 5.94. The van der Waals surface area contributed by atoms with Crippen LogP contribution in [0.5, 0.6) is 0 Å². The van der Waals surface area contributed by atoms with Gasteiger partial charge in [0.25, 0.3) is 0 Å². The molecule has 4 nitrogen and oxygen atoms in total. The molecule has 2 rings (SSSR count). The molecule has 28 heavy (non-hydrogen) atoms. The molecule has 0 aliphatic rings. The molecule has 0 saturated carbocycles. The van der Waals surface area contributed by atoms with Crippen molar-refractivity contribution in [2.24, 2.45) is 0 Å². The zero-order valence-corrected chi connectivity index (χ0v) is 19.0. The first-order valence-electron chi connectivity index (χ1n) is 9.42. The van der Waals surface area contributed by atoms with Crippen LogP contribution in [0.2, 0.25) is 0 Å². The average Bonchev–Trinajstić information content (AvgIpc) is 2.66. The van der Waals surface area contributed by atoms with Gasteiger partial charge < -0.3 is 9.11 Å². The van der Waals surface area contributed by atoms with Crippen molar-refractivity contribution >= 4 is 22.2 Å². The van der Waals surface area contributed by atoms with Crippen LogP contribution >= 0.6 is 0 Å². The lowest BCUT2D eigenvalue weighted by Gasteiger charge is -2.27. The normalized spacial score (nSPS) is 14.7. The van der Waals surface area contributed by atoms with Gasteiger partial charge in [0.2, 0.25) is 0 Å². The Morgan fingerprint density at radius 2 is 1.04 bits per heavy atom. The van der Waals surface area contributed by atoms with Gasteiger partial charge in [0.15, 0.2) is 0 Å². The molecule has 2 aromatic carbocycles. The highest BCUT2D eigenvalue weighted by atomic mass is 32.2. The Hall–Kier alpha value is -1.34. The predicted octanol–water partition coefficient (Wildman–Crippen LogP) is 5.20. The molecule has 0 spiro atoms. The van der Waals surface area contributed by atoms with Crippen LogP contribution in [0, 0.1) is 0 Å². The maximum Gasteiger partial charge on any atom is 0.0330 e. The van der Waals surface area contributed by atoms with Crippen LogP contribution in [0.1, 0.15) is 65.5 Å². The molecule has 0 N–H and O–H groups in total. The second-order valence-corrected chi connectivity index (χ2v) is 10.2. The van der Waals surface area contributed by atoms with E-state index >= 15 is 0 Å². The molecule has 2 aromatic rings. The molecule has 0 aliphatic carbocycles. The van der Waals surface area contributed by atoms with Gasteiger partial charge in [-0.25, -0.2) is 0 Å². The van der Waals surface area contributed by atoms with Crippen LogP contribution in [0.3, 0.4) is 0 Å². The van der Waals surface area contributed by atoms with Gasteiger partial charge in [-0.1, -0.05) is 65.8 Å². The summed E-state index contributed by atoms with van der Waals surface area (Å²) in [5, 5.41) is 0. The highest BCUT2D eigenvalue weighted by Crippen LogP contribution is 2.37. The van der Waals surface area contributed by atoms with Gasteiger partial charge in [-0.15, -0.1) is 0 Å². The van der Waals surface area contributed by atoms with Crippen molar-refractivity contribution in [2.45, 2.75) is 75.0 Å². The van der Waals surface area contributed by atoms with E-state index in [1.807, 2.05) is 12.1 Å². The Morgan fingerprint density at radius 3 is 1.29 bits per heavy atom. The summed E-state index contributed by atoms with van der Waals surface area (Å²) < 4.78 is 47.8. The highest BCUT2D eigenvalue weighted by molar-refractivity contribution is 7.79. The van der Waals surface area contributed by atoms with E-state index in [9.17, 15) is 17.5 Å². The Balaban J connectivity index is 2.73. The molecule has 0 fully saturated rings. The molecule has 0 radical (unpaired) electrons. The fourth-order valence-corrected chi connectivity index (χ4v) is 4.18. The fourth-order valence-electron chi connectivity index (χ4n) is 3.02. The number of benzene rings is 2. The minimum atomic E-state index is -2.48. The van der Waals surface area contributed by atoms with Gasteiger partial charge in [-0.2, -0.15) is 0 Å². The average molecular weight is 421 g/mol. The van der Waals surface area contributed by atoms with Gasteiger partial charge in [-0.05, 0) is 80.2 Å². The largest absolute Gasteiger partial charge is 0.768 e. The first-order chi connectivity index (χ1) is 12.9. The standard InChI is InChI=1S/C22H30O4S2/c1-7-21(3,4)15-9-11-17(19(13-15)27(23)24)18-12-10-16(22(5,6)8-2)14-20(18)28(25)26/h9-14H,7-8H2,1-6H3,(H,23,24)(H,25,26)/p-2. The summed E-state index contributed by atoms with van der Waals surface area (Å²) in [7, 11) is 0. The number of hydrogen-bond acceptors (Lipinski definition) is 4. The van der Waals surface area contributed by atoms with E-state index in [4.69, 9.17) is 0 Å². The van der Waals surface area contributed by atoms with Crippen LogP contribution in [0.4, 0.5) is 0 Å². The highest BCUT2D eigenvalue weighted by Gasteiger charge is 2.23. The summed E-state index contributed by atoms with van der Waals surface area (Å²) in [4.78, 5) is 0.237. The second kappa shape index (κ2) is 8.57. The van der Waals surface area contributed by atoms with Crippen molar-refractivity contribution in [2.75, 3.05) is 0 Å².